The highest BCUT2D eigenvalue weighted by molar-refractivity contribution is 7.88. The number of fused-ring (bicyclic) bond motifs is 1. The van der Waals surface area contributed by atoms with Crippen molar-refractivity contribution >= 4 is 10.0 Å². The van der Waals surface area contributed by atoms with E-state index in [-0.39, 0.29) is 0 Å². The van der Waals surface area contributed by atoms with Gasteiger partial charge >= 0.3 is 0 Å². The van der Waals surface area contributed by atoms with E-state index in [2.05, 4.69) is 15.2 Å². The molecule has 0 aromatic carbocycles. The highest BCUT2D eigenvalue weighted by Crippen LogP contribution is 2.29. The molecule has 2 aromatic rings. The van der Waals surface area contributed by atoms with Gasteiger partial charge in [-0.05, 0) is 6.92 Å². The molecule has 0 atom stereocenters. The third-order valence-electron chi connectivity index (χ3n) is 3.41. The molecule has 2 aromatic heterocycles. The van der Waals surface area contributed by atoms with Crippen LogP contribution in [0.25, 0.3) is 11.6 Å². The van der Waals surface area contributed by atoms with E-state index in [9.17, 15) is 8.42 Å². The number of aromatic nitrogens is 4. The molecule has 3 heterocycles. The second-order valence-electron chi connectivity index (χ2n) is 4.89. The molecule has 9 heteroatoms. The number of aryl methyl sites for hydroxylation is 2. The van der Waals surface area contributed by atoms with E-state index in [1.807, 2.05) is 7.05 Å². The van der Waals surface area contributed by atoms with Crippen LogP contribution in [0.1, 0.15) is 17.1 Å². The van der Waals surface area contributed by atoms with Crippen LogP contribution in [-0.2, 0) is 30.0 Å². The Morgan fingerprint density at radius 1 is 1.35 bits per heavy atom. The predicted octanol–water partition coefficient (Wildman–Crippen LogP) is 0.0962. The maximum absolute atomic E-state index is 11.7. The molecule has 0 saturated carbocycles. The molecule has 108 valence electrons. The molecular weight excluding hydrogens is 282 g/mol. The Morgan fingerprint density at radius 3 is 2.70 bits per heavy atom. The first-order chi connectivity index (χ1) is 9.36. The van der Waals surface area contributed by atoms with Crippen LogP contribution in [0.5, 0.6) is 0 Å². The maximum atomic E-state index is 11.7. The van der Waals surface area contributed by atoms with Crippen molar-refractivity contribution in [3.63, 3.8) is 0 Å². The number of nitrogens with zero attached hydrogens (tertiary/aromatic N) is 5. The quantitative estimate of drug-likeness (QED) is 0.780. The third kappa shape index (κ3) is 2.12. The highest BCUT2D eigenvalue weighted by Gasteiger charge is 2.30. The first-order valence-corrected chi connectivity index (χ1v) is 8.01. The van der Waals surface area contributed by atoms with Gasteiger partial charge in [0.05, 0.1) is 6.26 Å². The average molecular weight is 297 g/mol. The average Bonchev–Trinajstić information content (AvgIpc) is 2.93. The Morgan fingerprint density at radius 2 is 2.10 bits per heavy atom. The van der Waals surface area contributed by atoms with Crippen LogP contribution in [0.4, 0.5) is 0 Å². The van der Waals surface area contributed by atoms with E-state index in [0.29, 0.717) is 36.9 Å². The minimum atomic E-state index is -3.22. The lowest BCUT2D eigenvalue weighted by Gasteiger charge is -2.24. The van der Waals surface area contributed by atoms with Crippen LogP contribution in [0.2, 0.25) is 0 Å². The van der Waals surface area contributed by atoms with Crippen molar-refractivity contribution in [2.24, 2.45) is 7.05 Å². The van der Waals surface area contributed by atoms with Crippen LogP contribution < -0.4 is 0 Å². The molecule has 3 rings (SSSR count). The zero-order valence-corrected chi connectivity index (χ0v) is 12.3. The third-order valence-corrected chi connectivity index (χ3v) is 4.66. The van der Waals surface area contributed by atoms with Gasteiger partial charge in [-0.1, -0.05) is 5.16 Å². The van der Waals surface area contributed by atoms with Crippen LogP contribution >= 0.6 is 0 Å². The molecule has 0 aliphatic carbocycles. The van der Waals surface area contributed by atoms with E-state index >= 15 is 0 Å². The molecule has 8 nitrogen and oxygen atoms in total. The van der Waals surface area contributed by atoms with Crippen LogP contribution in [-0.4, -0.2) is 45.4 Å². The number of hydrogen-bond acceptors (Lipinski definition) is 6. The summed E-state index contributed by atoms with van der Waals surface area (Å²) in [6, 6.07) is 0. The van der Waals surface area contributed by atoms with Gasteiger partial charge in [0.15, 0.2) is 11.5 Å². The number of hydrogen-bond donors (Lipinski definition) is 0. The first kappa shape index (κ1) is 13.3. The van der Waals surface area contributed by atoms with E-state index in [4.69, 9.17) is 4.52 Å². The molecule has 20 heavy (non-hydrogen) atoms. The number of rotatable bonds is 2. The van der Waals surface area contributed by atoms with E-state index < -0.39 is 10.0 Å². The van der Waals surface area contributed by atoms with Gasteiger partial charge in [0.1, 0.15) is 0 Å². The molecule has 0 N–H and O–H groups in total. The summed E-state index contributed by atoms with van der Waals surface area (Å²) in [5, 5.41) is 8.14. The summed E-state index contributed by atoms with van der Waals surface area (Å²) in [6.45, 7) is 2.48. The van der Waals surface area contributed by atoms with Gasteiger partial charge in [-0.3, -0.25) is 4.68 Å². The van der Waals surface area contributed by atoms with Gasteiger partial charge in [0.2, 0.25) is 10.0 Å². The molecule has 0 radical (unpaired) electrons. The first-order valence-electron chi connectivity index (χ1n) is 6.17. The molecule has 1 aliphatic heterocycles. The summed E-state index contributed by atoms with van der Waals surface area (Å²) in [6.07, 6.45) is 1.84. The van der Waals surface area contributed by atoms with E-state index in [1.54, 1.807) is 11.6 Å². The lowest BCUT2D eigenvalue weighted by atomic mass is 10.1. The molecule has 0 unspecified atom stereocenters. The molecule has 1 aliphatic rings. The Hall–Kier alpha value is -1.74. The van der Waals surface area contributed by atoms with E-state index in [0.717, 1.165) is 11.3 Å². The van der Waals surface area contributed by atoms with Gasteiger partial charge in [-0.15, -0.1) is 0 Å². The lowest BCUT2D eigenvalue weighted by Crippen LogP contribution is -2.35. The smallest absolute Gasteiger partial charge is 0.278 e. The van der Waals surface area contributed by atoms with Crippen molar-refractivity contribution in [1.29, 1.82) is 0 Å². The fourth-order valence-electron chi connectivity index (χ4n) is 2.42. The van der Waals surface area contributed by atoms with E-state index in [1.165, 1.54) is 10.6 Å². The molecule has 0 spiro atoms. The molecule has 0 amide bonds. The van der Waals surface area contributed by atoms with Gasteiger partial charge in [0.25, 0.3) is 5.89 Å². The topological polar surface area (TPSA) is 94.1 Å². The SMILES string of the molecule is Cc1noc(-c2nn(C)c3c2CN(S(C)(=O)=O)CC3)n1. The zero-order chi connectivity index (χ0) is 14.5. The Bertz CT molecular complexity index is 761. The summed E-state index contributed by atoms with van der Waals surface area (Å²) >= 11 is 0. The molecular formula is C11H15N5O3S. The Kier molecular flexibility index (Phi) is 2.91. The second-order valence-corrected chi connectivity index (χ2v) is 6.87. The Balaban J connectivity index is 2.08. The summed E-state index contributed by atoms with van der Waals surface area (Å²) in [5.41, 5.74) is 2.42. The second kappa shape index (κ2) is 4.38. The molecule has 0 bridgehead atoms. The van der Waals surface area contributed by atoms with Gasteiger partial charge in [0, 0.05) is 37.8 Å². The minimum Gasteiger partial charge on any atom is -0.332 e. The summed E-state index contributed by atoms with van der Waals surface area (Å²) < 4.78 is 31.7. The standard InChI is InChI=1S/C11H15N5O3S/c1-7-12-11(19-14-7)10-8-6-16(20(3,17)18)5-4-9(8)15(2)13-10/h4-6H2,1-3H3. The minimum absolute atomic E-state index is 0.290. The molecule has 0 saturated heterocycles. The van der Waals surface area contributed by atoms with Crippen LogP contribution in [0, 0.1) is 6.92 Å². The largest absolute Gasteiger partial charge is 0.332 e. The summed E-state index contributed by atoms with van der Waals surface area (Å²) in [7, 11) is -1.39. The summed E-state index contributed by atoms with van der Waals surface area (Å²) in [4.78, 5) is 4.17. The Labute approximate surface area is 116 Å². The van der Waals surface area contributed by atoms with Crippen molar-refractivity contribution in [2.75, 3.05) is 12.8 Å². The van der Waals surface area contributed by atoms with Crippen molar-refractivity contribution in [3.8, 4) is 11.6 Å². The predicted molar refractivity (Wildman–Crippen MR) is 70.2 cm³/mol. The fourth-order valence-corrected chi connectivity index (χ4v) is 3.20. The highest BCUT2D eigenvalue weighted by atomic mass is 32.2. The van der Waals surface area contributed by atoms with Crippen molar-refractivity contribution in [1.82, 2.24) is 24.2 Å². The number of sulfonamides is 1. The maximum Gasteiger partial charge on any atom is 0.278 e. The van der Waals surface area contributed by atoms with Gasteiger partial charge < -0.3 is 4.52 Å². The molecule has 0 fully saturated rings. The van der Waals surface area contributed by atoms with Crippen molar-refractivity contribution in [2.45, 2.75) is 19.9 Å². The van der Waals surface area contributed by atoms with Crippen molar-refractivity contribution in [3.05, 3.63) is 17.1 Å². The normalized spacial score (nSPS) is 16.4. The van der Waals surface area contributed by atoms with Crippen molar-refractivity contribution < 1.29 is 12.9 Å². The van der Waals surface area contributed by atoms with Gasteiger partial charge in [-0.25, -0.2) is 8.42 Å². The van der Waals surface area contributed by atoms with Crippen LogP contribution in [0.3, 0.4) is 0 Å². The fraction of sp³-hybridized carbons (Fsp3) is 0.545. The lowest BCUT2D eigenvalue weighted by molar-refractivity contribution is 0.388. The van der Waals surface area contributed by atoms with Gasteiger partial charge in [-0.2, -0.15) is 14.4 Å². The zero-order valence-electron chi connectivity index (χ0n) is 11.5. The van der Waals surface area contributed by atoms with Crippen LogP contribution in [0.15, 0.2) is 4.52 Å². The summed E-state index contributed by atoms with van der Waals surface area (Å²) in [5.74, 6) is 0.852. The monoisotopic (exact) mass is 297 g/mol.